The molecule has 0 amide bonds. The van der Waals surface area contributed by atoms with Crippen LogP contribution >= 0.6 is 11.6 Å². The van der Waals surface area contributed by atoms with Crippen LogP contribution in [0, 0.1) is 5.92 Å². The summed E-state index contributed by atoms with van der Waals surface area (Å²) in [6.45, 7) is 6.85. The van der Waals surface area contributed by atoms with E-state index < -0.39 is 0 Å². The molecule has 3 nitrogen and oxygen atoms in total. The van der Waals surface area contributed by atoms with Gasteiger partial charge in [0.1, 0.15) is 0 Å². The van der Waals surface area contributed by atoms with E-state index in [0.717, 1.165) is 44.6 Å². The first-order valence-electron chi connectivity index (χ1n) is 6.16. The van der Waals surface area contributed by atoms with Crippen LogP contribution in [0.3, 0.4) is 0 Å². The van der Waals surface area contributed by atoms with Gasteiger partial charge >= 0.3 is 0 Å². The fraction of sp³-hybridized carbons (Fsp3) is 1.00. The second-order valence-electron chi connectivity index (χ2n) is 4.48. The molecule has 1 heterocycles. The van der Waals surface area contributed by atoms with Gasteiger partial charge in [0, 0.05) is 38.8 Å². The van der Waals surface area contributed by atoms with Crippen molar-refractivity contribution in [2.75, 3.05) is 45.9 Å². The summed E-state index contributed by atoms with van der Waals surface area (Å²) in [6.07, 6.45) is 2.24. The topological polar surface area (TPSA) is 21.7 Å². The molecule has 1 saturated heterocycles. The summed E-state index contributed by atoms with van der Waals surface area (Å²) >= 11 is 5.98. The van der Waals surface area contributed by atoms with Gasteiger partial charge in [-0.1, -0.05) is 6.92 Å². The summed E-state index contributed by atoms with van der Waals surface area (Å²) in [5, 5.41) is 0. The van der Waals surface area contributed by atoms with Gasteiger partial charge in [-0.3, -0.25) is 4.90 Å². The first-order valence-corrected chi connectivity index (χ1v) is 6.69. The fourth-order valence-corrected chi connectivity index (χ4v) is 2.70. The highest BCUT2D eigenvalue weighted by Crippen LogP contribution is 2.24. The Balaban J connectivity index is 2.04. The van der Waals surface area contributed by atoms with Crippen molar-refractivity contribution in [1.29, 1.82) is 0 Å². The van der Waals surface area contributed by atoms with E-state index in [1.54, 1.807) is 7.11 Å². The molecule has 0 aliphatic carbocycles. The number of ether oxygens (including phenoxy) is 2. The minimum atomic E-state index is 0.546. The summed E-state index contributed by atoms with van der Waals surface area (Å²) in [7, 11) is 1.72. The van der Waals surface area contributed by atoms with Gasteiger partial charge in [0.2, 0.25) is 0 Å². The van der Waals surface area contributed by atoms with Gasteiger partial charge in [-0.25, -0.2) is 0 Å². The molecule has 16 heavy (non-hydrogen) atoms. The van der Waals surface area contributed by atoms with E-state index in [1.807, 2.05) is 0 Å². The van der Waals surface area contributed by atoms with Gasteiger partial charge < -0.3 is 9.47 Å². The summed E-state index contributed by atoms with van der Waals surface area (Å²) in [6, 6.07) is 0.546. The van der Waals surface area contributed by atoms with Crippen LogP contribution in [0.15, 0.2) is 0 Å². The third-order valence-electron chi connectivity index (χ3n) is 3.32. The number of hydrogen-bond donors (Lipinski definition) is 0. The van der Waals surface area contributed by atoms with Crippen molar-refractivity contribution in [1.82, 2.24) is 4.90 Å². The zero-order chi connectivity index (χ0) is 11.8. The molecule has 0 aromatic carbocycles. The molecule has 0 N–H and O–H groups in total. The third kappa shape index (κ3) is 4.58. The molecular formula is C12H24ClNO2. The molecule has 0 aromatic rings. The quantitative estimate of drug-likeness (QED) is 0.485. The minimum Gasteiger partial charge on any atom is -0.385 e. The van der Waals surface area contributed by atoms with Gasteiger partial charge in [-0.2, -0.15) is 0 Å². The standard InChI is InChI=1S/C12H24ClNO2/c1-11-4-5-14(12(11)10-13)6-9-16-8-3-7-15-2/h11-12H,3-10H2,1-2H3. The van der Waals surface area contributed by atoms with E-state index >= 15 is 0 Å². The number of alkyl halides is 1. The average Bonchev–Trinajstić information content (AvgIpc) is 2.64. The summed E-state index contributed by atoms with van der Waals surface area (Å²) in [5.74, 6) is 1.47. The molecule has 0 saturated carbocycles. The zero-order valence-corrected chi connectivity index (χ0v) is 11.2. The maximum Gasteiger partial charge on any atom is 0.0593 e. The van der Waals surface area contributed by atoms with Gasteiger partial charge in [-0.05, 0) is 25.3 Å². The van der Waals surface area contributed by atoms with Crippen LogP contribution < -0.4 is 0 Å². The predicted molar refractivity (Wildman–Crippen MR) is 67.2 cm³/mol. The Morgan fingerprint density at radius 1 is 1.31 bits per heavy atom. The molecule has 0 spiro atoms. The van der Waals surface area contributed by atoms with Gasteiger partial charge in [0.25, 0.3) is 0 Å². The van der Waals surface area contributed by atoms with E-state index in [-0.39, 0.29) is 0 Å². The number of nitrogens with zero attached hydrogens (tertiary/aromatic N) is 1. The Kier molecular flexibility index (Phi) is 7.37. The second-order valence-corrected chi connectivity index (χ2v) is 4.79. The average molecular weight is 250 g/mol. The van der Waals surface area contributed by atoms with Crippen LogP contribution in [0.5, 0.6) is 0 Å². The van der Waals surface area contributed by atoms with E-state index in [4.69, 9.17) is 21.1 Å². The van der Waals surface area contributed by atoms with Crippen LogP contribution in [0.2, 0.25) is 0 Å². The molecule has 1 fully saturated rings. The number of halogens is 1. The molecule has 1 rings (SSSR count). The number of hydrogen-bond acceptors (Lipinski definition) is 3. The summed E-state index contributed by atoms with van der Waals surface area (Å²) < 4.78 is 10.5. The SMILES string of the molecule is COCCCOCCN1CCC(C)C1CCl. The molecule has 2 unspecified atom stereocenters. The number of methoxy groups -OCH3 is 1. The second kappa shape index (κ2) is 8.29. The Hall–Kier alpha value is 0.170. The normalized spacial score (nSPS) is 26.4. The monoisotopic (exact) mass is 249 g/mol. The fourth-order valence-electron chi connectivity index (χ4n) is 2.20. The molecule has 4 heteroatoms. The smallest absolute Gasteiger partial charge is 0.0593 e. The molecular weight excluding hydrogens is 226 g/mol. The summed E-state index contributed by atoms with van der Waals surface area (Å²) in [4.78, 5) is 2.45. The first-order chi connectivity index (χ1) is 7.79. The Morgan fingerprint density at radius 2 is 2.12 bits per heavy atom. The predicted octanol–water partition coefficient (Wildman–Crippen LogP) is 1.99. The third-order valence-corrected chi connectivity index (χ3v) is 3.63. The molecule has 0 aromatic heterocycles. The zero-order valence-electron chi connectivity index (χ0n) is 10.5. The van der Waals surface area contributed by atoms with Gasteiger partial charge in [-0.15, -0.1) is 11.6 Å². The van der Waals surface area contributed by atoms with Crippen LogP contribution in [0.4, 0.5) is 0 Å². The maximum atomic E-state index is 5.98. The van der Waals surface area contributed by atoms with Crippen LogP contribution in [0.1, 0.15) is 19.8 Å². The number of likely N-dealkylation sites (tertiary alicyclic amines) is 1. The lowest BCUT2D eigenvalue weighted by Crippen LogP contribution is -2.36. The maximum absolute atomic E-state index is 5.98. The number of rotatable bonds is 8. The Bertz CT molecular complexity index is 180. The van der Waals surface area contributed by atoms with Crippen molar-refractivity contribution in [3.63, 3.8) is 0 Å². The highest BCUT2D eigenvalue weighted by atomic mass is 35.5. The summed E-state index contributed by atoms with van der Waals surface area (Å²) in [5.41, 5.74) is 0. The highest BCUT2D eigenvalue weighted by Gasteiger charge is 2.29. The molecule has 2 atom stereocenters. The van der Waals surface area contributed by atoms with Crippen molar-refractivity contribution in [2.45, 2.75) is 25.8 Å². The Labute approximate surface area is 104 Å². The van der Waals surface area contributed by atoms with Crippen molar-refractivity contribution in [3.05, 3.63) is 0 Å². The van der Waals surface area contributed by atoms with Crippen molar-refractivity contribution >= 4 is 11.6 Å². The van der Waals surface area contributed by atoms with E-state index in [0.29, 0.717) is 6.04 Å². The van der Waals surface area contributed by atoms with Crippen molar-refractivity contribution < 1.29 is 9.47 Å². The van der Waals surface area contributed by atoms with Gasteiger partial charge in [0.15, 0.2) is 0 Å². The van der Waals surface area contributed by atoms with E-state index in [2.05, 4.69) is 11.8 Å². The van der Waals surface area contributed by atoms with Crippen LogP contribution in [-0.2, 0) is 9.47 Å². The Morgan fingerprint density at radius 3 is 2.81 bits per heavy atom. The van der Waals surface area contributed by atoms with Crippen molar-refractivity contribution in [2.24, 2.45) is 5.92 Å². The largest absolute Gasteiger partial charge is 0.385 e. The van der Waals surface area contributed by atoms with Gasteiger partial charge in [0.05, 0.1) is 6.61 Å². The van der Waals surface area contributed by atoms with E-state index in [9.17, 15) is 0 Å². The van der Waals surface area contributed by atoms with Crippen LogP contribution in [-0.4, -0.2) is 56.8 Å². The molecule has 1 aliphatic rings. The van der Waals surface area contributed by atoms with E-state index in [1.165, 1.54) is 13.0 Å². The molecule has 96 valence electrons. The van der Waals surface area contributed by atoms with Crippen LogP contribution in [0.25, 0.3) is 0 Å². The lowest BCUT2D eigenvalue weighted by atomic mass is 10.1. The van der Waals surface area contributed by atoms with Crippen molar-refractivity contribution in [3.8, 4) is 0 Å². The minimum absolute atomic E-state index is 0.546. The molecule has 0 bridgehead atoms. The first kappa shape index (κ1) is 14.2. The molecule has 1 aliphatic heterocycles. The lowest BCUT2D eigenvalue weighted by molar-refractivity contribution is 0.0810. The lowest BCUT2D eigenvalue weighted by Gasteiger charge is -2.24. The molecule has 0 radical (unpaired) electrons. The highest BCUT2D eigenvalue weighted by molar-refractivity contribution is 6.18.